The lowest BCUT2D eigenvalue weighted by atomic mass is 10.3. The van der Waals surface area contributed by atoms with Gasteiger partial charge in [0.15, 0.2) is 0 Å². The minimum absolute atomic E-state index is 0.198. The molecule has 58 valence electrons. The van der Waals surface area contributed by atoms with Crippen LogP contribution in [0.1, 0.15) is 0 Å². The molecule has 1 heterocycles. The van der Waals surface area contributed by atoms with Gasteiger partial charge in [-0.2, -0.15) is 10.4 Å². The van der Waals surface area contributed by atoms with E-state index in [2.05, 4.69) is 21.5 Å². The van der Waals surface area contributed by atoms with E-state index >= 15 is 0 Å². The number of likely N-dealkylation sites (N-methyl/N-ethyl adjacent to an activating group) is 1. The summed E-state index contributed by atoms with van der Waals surface area (Å²) in [6.07, 6.45) is 3.03. The van der Waals surface area contributed by atoms with Crippen LogP contribution in [0.2, 0.25) is 0 Å². The Morgan fingerprint density at radius 2 is 2.64 bits per heavy atom. The van der Waals surface area contributed by atoms with Crippen LogP contribution in [0.25, 0.3) is 0 Å². The fraction of sp³-hybridized carbons (Fsp3) is 0.500. The smallest absolute Gasteiger partial charge is 0.137 e. The van der Waals surface area contributed by atoms with Crippen molar-refractivity contribution in [3.63, 3.8) is 0 Å². The van der Waals surface area contributed by atoms with Crippen LogP contribution in [0.15, 0.2) is 12.7 Å². The van der Waals surface area contributed by atoms with Crippen LogP contribution in [0.3, 0.4) is 0 Å². The zero-order valence-electron chi connectivity index (χ0n) is 6.23. The minimum atomic E-state index is -0.198. The Morgan fingerprint density at radius 3 is 3.09 bits per heavy atom. The van der Waals surface area contributed by atoms with Crippen molar-refractivity contribution < 1.29 is 0 Å². The maximum Gasteiger partial charge on any atom is 0.137 e. The van der Waals surface area contributed by atoms with Crippen molar-refractivity contribution >= 4 is 0 Å². The number of hydrogen-bond acceptors (Lipinski definition) is 4. The summed E-state index contributed by atoms with van der Waals surface area (Å²) in [4.78, 5) is 3.76. The molecule has 1 atom stereocenters. The number of hydrogen-bond donors (Lipinski definition) is 1. The normalized spacial score (nSPS) is 12.4. The van der Waals surface area contributed by atoms with E-state index in [1.807, 2.05) is 0 Å². The summed E-state index contributed by atoms with van der Waals surface area (Å²) in [5.74, 6) is 0. The predicted molar refractivity (Wildman–Crippen MR) is 38.5 cm³/mol. The second kappa shape index (κ2) is 3.68. The van der Waals surface area contributed by atoms with Crippen molar-refractivity contribution in [1.29, 1.82) is 5.26 Å². The molecule has 1 rings (SSSR count). The van der Waals surface area contributed by atoms with Crippen molar-refractivity contribution in [2.45, 2.75) is 12.6 Å². The van der Waals surface area contributed by atoms with Gasteiger partial charge in [-0.15, -0.1) is 0 Å². The zero-order chi connectivity index (χ0) is 8.10. The molecule has 0 radical (unpaired) electrons. The molecule has 0 spiro atoms. The molecular weight excluding hydrogens is 142 g/mol. The highest BCUT2D eigenvalue weighted by Gasteiger charge is 2.03. The monoisotopic (exact) mass is 151 g/mol. The molecule has 1 aromatic rings. The zero-order valence-corrected chi connectivity index (χ0v) is 6.23. The molecule has 1 aromatic heterocycles. The molecule has 0 bridgehead atoms. The Labute approximate surface area is 64.7 Å². The molecule has 5 heteroatoms. The third kappa shape index (κ3) is 2.02. The molecule has 0 aromatic carbocycles. The van der Waals surface area contributed by atoms with Gasteiger partial charge < -0.3 is 5.32 Å². The summed E-state index contributed by atoms with van der Waals surface area (Å²) >= 11 is 0. The van der Waals surface area contributed by atoms with E-state index < -0.39 is 0 Å². The summed E-state index contributed by atoms with van der Waals surface area (Å²) in [5.41, 5.74) is 0. The Morgan fingerprint density at radius 1 is 1.82 bits per heavy atom. The van der Waals surface area contributed by atoms with E-state index in [4.69, 9.17) is 5.26 Å². The van der Waals surface area contributed by atoms with Crippen LogP contribution in [0, 0.1) is 11.3 Å². The highest BCUT2D eigenvalue weighted by molar-refractivity contribution is 4.88. The van der Waals surface area contributed by atoms with Gasteiger partial charge in [0, 0.05) is 0 Å². The summed E-state index contributed by atoms with van der Waals surface area (Å²) in [6.45, 7) is 0.535. The van der Waals surface area contributed by atoms with Crippen molar-refractivity contribution in [1.82, 2.24) is 20.1 Å². The van der Waals surface area contributed by atoms with E-state index in [0.717, 1.165) is 0 Å². The quantitative estimate of drug-likeness (QED) is 0.625. The first-order valence-electron chi connectivity index (χ1n) is 3.26. The largest absolute Gasteiger partial charge is 0.303 e. The SMILES string of the molecule is CNC(C#N)Cn1cncn1. The lowest BCUT2D eigenvalue weighted by Gasteiger charge is -2.05. The summed E-state index contributed by atoms with van der Waals surface area (Å²) in [6, 6.07) is 1.89. The van der Waals surface area contributed by atoms with Crippen LogP contribution in [-0.2, 0) is 6.54 Å². The second-order valence-corrected chi connectivity index (χ2v) is 2.09. The van der Waals surface area contributed by atoms with Crippen molar-refractivity contribution in [2.75, 3.05) is 7.05 Å². The van der Waals surface area contributed by atoms with Crippen LogP contribution < -0.4 is 5.32 Å². The molecule has 0 aliphatic rings. The van der Waals surface area contributed by atoms with Gasteiger partial charge in [0.2, 0.25) is 0 Å². The van der Waals surface area contributed by atoms with E-state index in [0.29, 0.717) is 6.54 Å². The maximum absolute atomic E-state index is 8.55. The fourth-order valence-electron chi connectivity index (χ4n) is 0.711. The van der Waals surface area contributed by atoms with Gasteiger partial charge in [-0.25, -0.2) is 4.98 Å². The van der Waals surface area contributed by atoms with Gasteiger partial charge in [-0.3, -0.25) is 4.68 Å². The van der Waals surface area contributed by atoms with E-state index in [1.54, 1.807) is 18.1 Å². The maximum atomic E-state index is 8.55. The van der Waals surface area contributed by atoms with Gasteiger partial charge in [0.05, 0.1) is 12.6 Å². The van der Waals surface area contributed by atoms with Gasteiger partial charge in [-0.1, -0.05) is 0 Å². The van der Waals surface area contributed by atoms with Crippen LogP contribution in [0.5, 0.6) is 0 Å². The van der Waals surface area contributed by atoms with Gasteiger partial charge in [-0.05, 0) is 7.05 Å². The topological polar surface area (TPSA) is 66.5 Å². The molecular formula is C6H9N5. The Balaban J connectivity index is 2.49. The summed E-state index contributed by atoms with van der Waals surface area (Å²) in [5, 5.41) is 15.3. The van der Waals surface area contributed by atoms with Gasteiger partial charge in [0.25, 0.3) is 0 Å². The Kier molecular flexibility index (Phi) is 2.58. The minimum Gasteiger partial charge on any atom is -0.303 e. The molecule has 11 heavy (non-hydrogen) atoms. The Hall–Kier alpha value is -1.41. The predicted octanol–water partition coefficient (Wildman–Crippen LogP) is -0.610. The first-order chi connectivity index (χ1) is 5.36. The van der Waals surface area contributed by atoms with Crippen LogP contribution in [0.4, 0.5) is 0 Å². The third-order valence-electron chi connectivity index (χ3n) is 1.34. The van der Waals surface area contributed by atoms with E-state index in [-0.39, 0.29) is 6.04 Å². The molecule has 0 aliphatic carbocycles. The lowest BCUT2D eigenvalue weighted by Crippen LogP contribution is -2.28. The highest BCUT2D eigenvalue weighted by Crippen LogP contribution is 1.85. The fourth-order valence-corrected chi connectivity index (χ4v) is 0.711. The Bertz CT molecular complexity index is 234. The average molecular weight is 151 g/mol. The summed E-state index contributed by atoms with van der Waals surface area (Å²) in [7, 11) is 1.74. The standard InChI is InChI=1S/C6H9N5/c1-8-6(2-7)3-11-5-9-4-10-11/h4-6,8H,3H2,1H3. The molecule has 0 fully saturated rings. The molecule has 0 amide bonds. The lowest BCUT2D eigenvalue weighted by molar-refractivity contribution is 0.521. The van der Waals surface area contributed by atoms with Crippen molar-refractivity contribution in [3.8, 4) is 6.07 Å². The summed E-state index contributed by atoms with van der Waals surface area (Å²) < 4.78 is 1.62. The number of nitrogens with zero attached hydrogens (tertiary/aromatic N) is 4. The van der Waals surface area contributed by atoms with Gasteiger partial charge >= 0.3 is 0 Å². The number of rotatable bonds is 3. The molecule has 1 N–H and O–H groups in total. The van der Waals surface area contributed by atoms with Crippen molar-refractivity contribution in [3.05, 3.63) is 12.7 Å². The molecule has 5 nitrogen and oxygen atoms in total. The average Bonchev–Trinajstić information content (AvgIpc) is 2.52. The van der Waals surface area contributed by atoms with E-state index in [1.165, 1.54) is 6.33 Å². The molecule has 0 aliphatic heterocycles. The molecule has 1 unspecified atom stereocenters. The number of nitrogens with one attached hydrogen (secondary N) is 1. The van der Waals surface area contributed by atoms with Crippen LogP contribution in [-0.4, -0.2) is 27.9 Å². The molecule has 0 saturated carbocycles. The van der Waals surface area contributed by atoms with Crippen molar-refractivity contribution in [2.24, 2.45) is 0 Å². The first kappa shape index (κ1) is 7.69. The van der Waals surface area contributed by atoms with E-state index in [9.17, 15) is 0 Å². The van der Waals surface area contributed by atoms with Crippen LogP contribution >= 0.6 is 0 Å². The second-order valence-electron chi connectivity index (χ2n) is 2.09. The van der Waals surface area contributed by atoms with Gasteiger partial charge in [0.1, 0.15) is 18.7 Å². The first-order valence-corrected chi connectivity index (χ1v) is 3.26. The molecule has 0 saturated heterocycles. The number of nitriles is 1. The third-order valence-corrected chi connectivity index (χ3v) is 1.34. The number of aromatic nitrogens is 3. The highest BCUT2D eigenvalue weighted by atomic mass is 15.3.